The first kappa shape index (κ1) is 15.2. The van der Waals surface area contributed by atoms with Crippen molar-refractivity contribution >= 4 is 17.5 Å². The van der Waals surface area contributed by atoms with E-state index in [9.17, 15) is 14.0 Å². The molecule has 110 valence electrons. The van der Waals surface area contributed by atoms with Gasteiger partial charge in [0.15, 0.2) is 0 Å². The number of primary amides is 1. The predicted octanol–water partition coefficient (Wildman–Crippen LogP) is 1.75. The summed E-state index contributed by atoms with van der Waals surface area (Å²) >= 11 is 5.74. The highest BCUT2D eigenvalue weighted by Crippen LogP contribution is 2.13. The van der Waals surface area contributed by atoms with Gasteiger partial charge in [-0.25, -0.2) is 9.37 Å². The molecule has 0 spiro atoms. The van der Waals surface area contributed by atoms with E-state index < -0.39 is 11.7 Å². The quantitative estimate of drug-likeness (QED) is 0.874. The Morgan fingerprint density at radius 1 is 1.43 bits per heavy atom. The van der Waals surface area contributed by atoms with Gasteiger partial charge in [0.2, 0.25) is 5.91 Å². The van der Waals surface area contributed by atoms with E-state index in [4.69, 9.17) is 17.3 Å². The summed E-state index contributed by atoms with van der Waals surface area (Å²) in [7, 11) is 0. The number of benzene rings is 1. The first-order chi connectivity index (χ1) is 9.92. The lowest BCUT2D eigenvalue weighted by molar-refractivity contribution is 0.1000. The van der Waals surface area contributed by atoms with E-state index in [1.807, 2.05) is 6.92 Å². The molecule has 7 heteroatoms. The summed E-state index contributed by atoms with van der Waals surface area (Å²) in [6.07, 6.45) is 0.483. The van der Waals surface area contributed by atoms with Crippen molar-refractivity contribution < 1.29 is 9.18 Å². The highest BCUT2D eigenvalue weighted by atomic mass is 35.5. The van der Waals surface area contributed by atoms with Crippen LogP contribution in [0.5, 0.6) is 0 Å². The fourth-order valence-electron chi connectivity index (χ4n) is 1.96. The summed E-state index contributed by atoms with van der Waals surface area (Å²) in [6.45, 7) is 1.83. The van der Waals surface area contributed by atoms with Crippen LogP contribution in [0, 0.1) is 5.82 Å². The smallest absolute Gasteiger partial charge is 0.255 e. The number of nitrogens with two attached hydrogens (primary N) is 1. The van der Waals surface area contributed by atoms with E-state index in [2.05, 4.69) is 4.98 Å². The molecule has 0 fully saturated rings. The van der Waals surface area contributed by atoms with Crippen molar-refractivity contribution in [3.63, 3.8) is 0 Å². The summed E-state index contributed by atoms with van der Waals surface area (Å²) in [5, 5.41) is 0.109. The van der Waals surface area contributed by atoms with Crippen molar-refractivity contribution in [2.24, 2.45) is 5.73 Å². The number of hydrogen-bond acceptors (Lipinski definition) is 3. The van der Waals surface area contributed by atoms with Gasteiger partial charge in [-0.05, 0) is 12.1 Å². The molecule has 2 rings (SSSR count). The number of carbonyl (C=O) groups excluding carboxylic acids is 1. The second-order valence-corrected chi connectivity index (χ2v) is 4.83. The van der Waals surface area contributed by atoms with Gasteiger partial charge in [-0.15, -0.1) is 0 Å². The van der Waals surface area contributed by atoms with Gasteiger partial charge in [-0.2, -0.15) is 0 Å². The maximum atomic E-state index is 14.0. The van der Waals surface area contributed by atoms with Gasteiger partial charge in [0, 0.05) is 23.6 Å². The van der Waals surface area contributed by atoms with E-state index in [-0.39, 0.29) is 28.4 Å². The molecule has 2 aromatic rings. The topological polar surface area (TPSA) is 78.0 Å². The monoisotopic (exact) mass is 309 g/mol. The van der Waals surface area contributed by atoms with Crippen LogP contribution < -0.4 is 11.3 Å². The minimum atomic E-state index is -0.708. The lowest BCUT2D eigenvalue weighted by Gasteiger charge is -2.12. The molecule has 1 amide bonds. The molecular weight excluding hydrogens is 297 g/mol. The fraction of sp³-hybridized carbons (Fsp3) is 0.214. The molecule has 5 nitrogen and oxygen atoms in total. The van der Waals surface area contributed by atoms with Gasteiger partial charge in [0.05, 0.1) is 6.54 Å². The minimum Gasteiger partial charge on any atom is -0.366 e. The normalized spacial score (nSPS) is 10.6. The van der Waals surface area contributed by atoms with E-state index in [0.717, 1.165) is 6.07 Å². The van der Waals surface area contributed by atoms with Gasteiger partial charge < -0.3 is 5.73 Å². The molecule has 1 aromatic carbocycles. The van der Waals surface area contributed by atoms with E-state index in [1.165, 1.54) is 22.8 Å². The van der Waals surface area contributed by atoms with Crippen molar-refractivity contribution in [3.05, 3.63) is 62.5 Å². The van der Waals surface area contributed by atoms with Crippen LogP contribution in [-0.2, 0) is 13.0 Å². The molecule has 0 aliphatic heterocycles. The molecule has 0 saturated carbocycles. The summed E-state index contributed by atoms with van der Waals surface area (Å²) in [5.41, 5.74) is 5.07. The lowest BCUT2D eigenvalue weighted by atomic mass is 10.1. The van der Waals surface area contributed by atoms with E-state index >= 15 is 0 Å². The molecule has 1 heterocycles. The van der Waals surface area contributed by atoms with Crippen molar-refractivity contribution in [2.45, 2.75) is 19.9 Å². The van der Waals surface area contributed by atoms with Gasteiger partial charge >= 0.3 is 0 Å². The molecule has 0 unspecified atom stereocenters. The minimum absolute atomic E-state index is 0.0110. The predicted molar refractivity (Wildman–Crippen MR) is 76.9 cm³/mol. The van der Waals surface area contributed by atoms with Crippen LogP contribution in [0.25, 0.3) is 0 Å². The molecule has 0 atom stereocenters. The third-order valence-electron chi connectivity index (χ3n) is 3.04. The largest absolute Gasteiger partial charge is 0.366 e. The van der Waals surface area contributed by atoms with Crippen LogP contribution in [0.1, 0.15) is 28.7 Å². The van der Waals surface area contributed by atoms with Gasteiger partial charge in [-0.3, -0.25) is 14.2 Å². The Balaban J connectivity index is 2.43. The van der Waals surface area contributed by atoms with E-state index in [0.29, 0.717) is 12.2 Å². The Labute approximate surface area is 125 Å². The summed E-state index contributed by atoms with van der Waals surface area (Å²) in [4.78, 5) is 27.0. The third kappa shape index (κ3) is 3.28. The number of hydrogen-bond donors (Lipinski definition) is 1. The van der Waals surface area contributed by atoms with E-state index in [1.54, 1.807) is 0 Å². The van der Waals surface area contributed by atoms with Crippen LogP contribution in [0.2, 0.25) is 5.15 Å². The first-order valence-electron chi connectivity index (χ1n) is 6.27. The highest BCUT2D eigenvalue weighted by Gasteiger charge is 2.11. The summed E-state index contributed by atoms with van der Waals surface area (Å²) in [6, 6.07) is 5.07. The standard InChI is InChI=1S/C14H13ClFN3O2/c1-2-12-18-11(15)6-13(20)19(12)7-9-4-3-8(14(17)21)5-10(9)16/h3-6H,2,7H2,1H3,(H2,17,21). The van der Waals surface area contributed by atoms with Crippen molar-refractivity contribution in [2.75, 3.05) is 0 Å². The number of rotatable bonds is 4. The summed E-state index contributed by atoms with van der Waals surface area (Å²) in [5.74, 6) is -0.846. The third-order valence-corrected chi connectivity index (χ3v) is 3.23. The molecule has 0 aliphatic carbocycles. The maximum absolute atomic E-state index is 14.0. The second-order valence-electron chi connectivity index (χ2n) is 4.44. The lowest BCUT2D eigenvalue weighted by Crippen LogP contribution is -2.25. The van der Waals surface area contributed by atoms with Crippen molar-refractivity contribution in [3.8, 4) is 0 Å². The Morgan fingerprint density at radius 2 is 2.14 bits per heavy atom. The molecular formula is C14H13ClFN3O2. The van der Waals surface area contributed by atoms with Crippen LogP contribution in [0.15, 0.2) is 29.1 Å². The highest BCUT2D eigenvalue weighted by molar-refractivity contribution is 6.29. The molecule has 0 saturated heterocycles. The van der Waals surface area contributed by atoms with Gasteiger partial charge in [0.25, 0.3) is 5.56 Å². The Morgan fingerprint density at radius 3 is 2.71 bits per heavy atom. The zero-order valence-electron chi connectivity index (χ0n) is 11.3. The van der Waals surface area contributed by atoms with Crippen LogP contribution in [-0.4, -0.2) is 15.5 Å². The second kappa shape index (κ2) is 6.05. The molecule has 21 heavy (non-hydrogen) atoms. The Hall–Kier alpha value is -2.21. The number of aryl methyl sites for hydroxylation is 1. The van der Waals surface area contributed by atoms with Crippen LogP contribution in [0.3, 0.4) is 0 Å². The Bertz CT molecular complexity index is 758. The Kier molecular flexibility index (Phi) is 4.37. The number of nitrogens with zero attached hydrogens (tertiary/aromatic N) is 2. The maximum Gasteiger partial charge on any atom is 0.255 e. The fourth-order valence-corrected chi connectivity index (χ4v) is 2.15. The average molecular weight is 310 g/mol. The van der Waals surface area contributed by atoms with Crippen molar-refractivity contribution in [1.82, 2.24) is 9.55 Å². The van der Waals surface area contributed by atoms with Gasteiger partial charge in [0.1, 0.15) is 16.8 Å². The number of aromatic nitrogens is 2. The zero-order valence-corrected chi connectivity index (χ0v) is 12.0. The molecule has 1 aromatic heterocycles. The number of halogens is 2. The molecule has 0 radical (unpaired) electrons. The van der Waals surface area contributed by atoms with Crippen molar-refractivity contribution in [1.29, 1.82) is 0 Å². The first-order valence-corrected chi connectivity index (χ1v) is 6.64. The SMILES string of the molecule is CCc1nc(Cl)cc(=O)n1Cc1ccc(C(N)=O)cc1F. The molecule has 2 N–H and O–H groups in total. The molecule has 0 bridgehead atoms. The average Bonchev–Trinajstić information content (AvgIpc) is 2.42. The number of carbonyl (C=O) groups is 1. The summed E-state index contributed by atoms with van der Waals surface area (Å²) < 4.78 is 15.3. The zero-order chi connectivity index (χ0) is 15.6. The van der Waals surface area contributed by atoms with Gasteiger partial charge in [-0.1, -0.05) is 24.6 Å². The van der Waals surface area contributed by atoms with Crippen LogP contribution >= 0.6 is 11.6 Å². The molecule has 0 aliphatic rings. The number of amides is 1. The van der Waals surface area contributed by atoms with Crippen LogP contribution in [0.4, 0.5) is 4.39 Å².